The molecular formula is C18H26O4S. The van der Waals surface area contributed by atoms with Crippen molar-refractivity contribution in [3.8, 4) is 0 Å². The highest BCUT2D eigenvalue weighted by Gasteiger charge is 2.33. The van der Waals surface area contributed by atoms with Gasteiger partial charge in [0, 0.05) is 4.88 Å². The largest absolute Gasteiger partial charge is 0.460 e. The fourth-order valence-electron chi connectivity index (χ4n) is 3.19. The Morgan fingerprint density at radius 2 is 2.04 bits per heavy atom. The molecule has 3 atom stereocenters. The van der Waals surface area contributed by atoms with Crippen LogP contribution >= 0.6 is 11.3 Å². The van der Waals surface area contributed by atoms with Crippen molar-refractivity contribution in [1.82, 2.24) is 0 Å². The standard InChI is InChI=1S/C18H26O4S/c1-11(2)14-7-5-12(3)9-15(14)22-17(19)10-21-18(20)16-8-6-13(4)23-16/h6,8,11-12,14-15H,5,7,9-10H2,1-4H3/t12-,14-,15+/m1/s1. The third kappa shape index (κ3) is 5.06. The zero-order chi connectivity index (χ0) is 17.0. The molecule has 1 aromatic rings. The number of hydrogen-bond donors (Lipinski definition) is 0. The third-order valence-electron chi connectivity index (χ3n) is 4.51. The van der Waals surface area contributed by atoms with E-state index >= 15 is 0 Å². The first-order valence-electron chi connectivity index (χ1n) is 8.30. The first-order valence-corrected chi connectivity index (χ1v) is 9.11. The molecule has 4 nitrogen and oxygen atoms in total. The van der Waals surface area contributed by atoms with Gasteiger partial charge in [0.2, 0.25) is 0 Å². The molecular weight excluding hydrogens is 312 g/mol. The second kappa shape index (κ2) is 7.95. The molecule has 1 heterocycles. The van der Waals surface area contributed by atoms with Crippen LogP contribution in [0.2, 0.25) is 0 Å². The lowest BCUT2D eigenvalue weighted by molar-refractivity contribution is -0.159. The van der Waals surface area contributed by atoms with E-state index in [1.165, 1.54) is 17.8 Å². The predicted octanol–water partition coefficient (Wildman–Crippen LogP) is 4.22. The Morgan fingerprint density at radius 3 is 2.65 bits per heavy atom. The smallest absolute Gasteiger partial charge is 0.348 e. The third-order valence-corrected chi connectivity index (χ3v) is 5.49. The monoisotopic (exact) mass is 338 g/mol. The summed E-state index contributed by atoms with van der Waals surface area (Å²) in [5.74, 6) is 0.538. The Hall–Kier alpha value is -1.36. The van der Waals surface area contributed by atoms with Gasteiger partial charge < -0.3 is 9.47 Å². The van der Waals surface area contributed by atoms with Gasteiger partial charge in [-0.1, -0.05) is 27.2 Å². The van der Waals surface area contributed by atoms with Crippen molar-refractivity contribution in [2.24, 2.45) is 17.8 Å². The SMILES string of the molecule is Cc1ccc(C(=O)OCC(=O)O[C@H]2C[C@H](C)CC[C@@H]2C(C)C)s1. The van der Waals surface area contributed by atoms with Gasteiger partial charge in [0.1, 0.15) is 11.0 Å². The molecule has 0 saturated heterocycles. The van der Waals surface area contributed by atoms with Gasteiger partial charge >= 0.3 is 11.9 Å². The lowest BCUT2D eigenvalue weighted by atomic mass is 9.75. The fourth-order valence-corrected chi connectivity index (χ4v) is 3.95. The molecule has 0 amide bonds. The van der Waals surface area contributed by atoms with E-state index in [0.29, 0.717) is 22.6 Å². The second-order valence-electron chi connectivity index (χ2n) is 6.84. The van der Waals surface area contributed by atoms with Gasteiger partial charge in [-0.25, -0.2) is 9.59 Å². The molecule has 0 N–H and O–H groups in total. The molecule has 23 heavy (non-hydrogen) atoms. The van der Waals surface area contributed by atoms with Crippen LogP contribution in [0.15, 0.2) is 12.1 Å². The molecule has 0 radical (unpaired) electrons. The minimum Gasteiger partial charge on any atom is -0.460 e. The Labute approximate surface area is 142 Å². The maximum atomic E-state index is 12.0. The van der Waals surface area contributed by atoms with Gasteiger partial charge in [0.05, 0.1) is 0 Å². The summed E-state index contributed by atoms with van der Waals surface area (Å²) in [6.07, 6.45) is 3.11. The molecule has 0 aliphatic heterocycles. The number of rotatable bonds is 5. The summed E-state index contributed by atoms with van der Waals surface area (Å²) in [6.45, 7) is 8.13. The van der Waals surface area contributed by atoms with E-state index in [9.17, 15) is 9.59 Å². The number of carbonyl (C=O) groups excluding carboxylic acids is 2. The summed E-state index contributed by atoms with van der Waals surface area (Å²) in [5, 5.41) is 0. The van der Waals surface area contributed by atoms with Crippen molar-refractivity contribution < 1.29 is 19.1 Å². The van der Waals surface area contributed by atoms with Crippen molar-refractivity contribution in [1.29, 1.82) is 0 Å². The Bertz CT molecular complexity index is 549. The predicted molar refractivity (Wildman–Crippen MR) is 90.6 cm³/mol. The van der Waals surface area contributed by atoms with Crippen LogP contribution in [0.25, 0.3) is 0 Å². The molecule has 0 unspecified atom stereocenters. The van der Waals surface area contributed by atoms with Crippen LogP contribution in [0.5, 0.6) is 0 Å². The van der Waals surface area contributed by atoms with Crippen LogP contribution in [0.4, 0.5) is 0 Å². The average molecular weight is 338 g/mol. The highest BCUT2D eigenvalue weighted by atomic mass is 32.1. The van der Waals surface area contributed by atoms with Gasteiger partial charge in [-0.15, -0.1) is 11.3 Å². The molecule has 0 aromatic carbocycles. The summed E-state index contributed by atoms with van der Waals surface area (Å²) in [6, 6.07) is 3.57. The number of ether oxygens (including phenoxy) is 2. The maximum absolute atomic E-state index is 12.0. The number of esters is 2. The molecule has 1 aliphatic carbocycles. The van der Waals surface area contributed by atoms with Gasteiger partial charge in [0.15, 0.2) is 6.61 Å². The van der Waals surface area contributed by atoms with Crippen molar-refractivity contribution >= 4 is 23.3 Å². The Morgan fingerprint density at radius 1 is 1.30 bits per heavy atom. The Balaban J connectivity index is 1.84. The highest BCUT2D eigenvalue weighted by molar-refractivity contribution is 7.13. The number of thiophene rings is 1. The van der Waals surface area contributed by atoms with E-state index in [1.807, 2.05) is 13.0 Å². The summed E-state index contributed by atoms with van der Waals surface area (Å²) in [5.41, 5.74) is 0. The van der Waals surface area contributed by atoms with Crippen LogP contribution in [0.1, 0.15) is 54.6 Å². The molecule has 0 spiro atoms. The van der Waals surface area contributed by atoms with Crippen molar-refractivity contribution in [3.63, 3.8) is 0 Å². The van der Waals surface area contributed by atoms with E-state index < -0.39 is 11.9 Å². The molecule has 1 aliphatic rings. The number of hydrogen-bond acceptors (Lipinski definition) is 5. The maximum Gasteiger partial charge on any atom is 0.348 e. The van der Waals surface area contributed by atoms with Gasteiger partial charge in [0.25, 0.3) is 0 Å². The van der Waals surface area contributed by atoms with E-state index in [1.54, 1.807) is 6.07 Å². The fraction of sp³-hybridized carbons (Fsp3) is 0.667. The molecule has 0 bridgehead atoms. The van der Waals surface area contributed by atoms with Crippen LogP contribution < -0.4 is 0 Å². The van der Waals surface area contributed by atoms with Crippen LogP contribution in [0.3, 0.4) is 0 Å². The summed E-state index contributed by atoms with van der Waals surface area (Å²) in [4.78, 5) is 25.4. The van der Waals surface area contributed by atoms with Crippen molar-refractivity contribution in [2.45, 2.75) is 53.1 Å². The van der Waals surface area contributed by atoms with Crippen LogP contribution in [-0.2, 0) is 14.3 Å². The van der Waals surface area contributed by atoms with Crippen molar-refractivity contribution in [2.75, 3.05) is 6.61 Å². The normalized spacial score (nSPS) is 24.5. The van der Waals surface area contributed by atoms with E-state index in [4.69, 9.17) is 9.47 Å². The van der Waals surface area contributed by atoms with Crippen molar-refractivity contribution in [3.05, 3.63) is 21.9 Å². The first kappa shape index (κ1) is 18.0. The second-order valence-corrected chi connectivity index (χ2v) is 8.13. The summed E-state index contributed by atoms with van der Waals surface area (Å²) >= 11 is 1.36. The lowest BCUT2D eigenvalue weighted by Crippen LogP contribution is -2.36. The van der Waals surface area contributed by atoms with Gasteiger partial charge in [-0.2, -0.15) is 0 Å². The van der Waals surface area contributed by atoms with Crippen LogP contribution in [-0.4, -0.2) is 24.6 Å². The average Bonchev–Trinajstić information content (AvgIpc) is 2.91. The lowest BCUT2D eigenvalue weighted by Gasteiger charge is -2.36. The molecule has 128 valence electrons. The minimum absolute atomic E-state index is 0.0612. The summed E-state index contributed by atoms with van der Waals surface area (Å²) in [7, 11) is 0. The zero-order valence-electron chi connectivity index (χ0n) is 14.3. The minimum atomic E-state index is -0.461. The molecule has 1 fully saturated rings. The van der Waals surface area contributed by atoms with Crippen LogP contribution in [0, 0.1) is 24.7 Å². The summed E-state index contributed by atoms with van der Waals surface area (Å²) < 4.78 is 10.7. The molecule has 5 heteroatoms. The quantitative estimate of drug-likeness (QED) is 0.754. The zero-order valence-corrected chi connectivity index (χ0v) is 15.2. The Kier molecular flexibility index (Phi) is 6.22. The van der Waals surface area contributed by atoms with E-state index in [0.717, 1.165) is 17.7 Å². The first-order chi connectivity index (χ1) is 10.9. The topological polar surface area (TPSA) is 52.6 Å². The highest BCUT2D eigenvalue weighted by Crippen LogP contribution is 2.35. The van der Waals surface area contributed by atoms with Gasteiger partial charge in [-0.05, 0) is 49.7 Å². The number of aryl methyl sites for hydroxylation is 1. The van der Waals surface area contributed by atoms with E-state index in [2.05, 4.69) is 20.8 Å². The molecule has 2 rings (SSSR count). The van der Waals surface area contributed by atoms with Gasteiger partial charge in [-0.3, -0.25) is 0 Å². The van der Waals surface area contributed by atoms with E-state index in [-0.39, 0.29) is 12.7 Å². The molecule has 1 aromatic heterocycles. The number of carbonyl (C=O) groups is 2. The molecule has 1 saturated carbocycles.